The molecular formula is C17H16N2O6. The van der Waals surface area contributed by atoms with Crippen molar-refractivity contribution in [2.75, 3.05) is 12.0 Å². The van der Waals surface area contributed by atoms with Crippen molar-refractivity contribution in [3.05, 3.63) is 33.9 Å². The molecule has 2 amide bonds. The van der Waals surface area contributed by atoms with Crippen LogP contribution in [0.15, 0.2) is 18.2 Å². The van der Waals surface area contributed by atoms with Crippen LogP contribution in [0.1, 0.15) is 29.6 Å². The number of carbonyl (C=O) groups is 3. The Kier molecular flexibility index (Phi) is 3.38. The predicted molar refractivity (Wildman–Crippen MR) is 84.7 cm³/mol. The second-order valence-corrected chi connectivity index (χ2v) is 6.85. The number of methoxy groups -OCH3 is 1. The molecule has 1 saturated heterocycles. The molecule has 3 aliphatic rings. The number of rotatable bonds is 3. The van der Waals surface area contributed by atoms with Crippen LogP contribution < -0.4 is 4.90 Å². The SMILES string of the molecule is COC(=O)c1ccc([N+](=O)[O-])cc1N1C(=O)[C@@H]2[C@@H]3CC[C@@H](C3)[C@@H]2C1=O. The van der Waals surface area contributed by atoms with Crippen LogP contribution in [-0.2, 0) is 14.3 Å². The van der Waals surface area contributed by atoms with Gasteiger partial charge in [0.1, 0.15) is 0 Å². The predicted octanol–water partition coefficient (Wildman–Crippen LogP) is 1.92. The maximum atomic E-state index is 12.9. The van der Waals surface area contributed by atoms with Crippen molar-refractivity contribution < 1.29 is 24.0 Å². The topological polar surface area (TPSA) is 107 Å². The van der Waals surface area contributed by atoms with Crippen molar-refractivity contribution in [3.8, 4) is 0 Å². The molecule has 8 heteroatoms. The van der Waals surface area contributed by atoms with Crippen molar-refractivity contribution in [2.45, 2.75) is 19.3 Å². The zero-order valence-electron chi connectivity index (χ0n) is 13.5. The molecule has 130 valence electrons. The minimum Gasteiger partial charge on any atom is -0.465 e. The summed E-state index contributed by atoms with van der Waals surface area (Å²) in [4.78, 5) is 49.3. The lowest BCUT2D eigenvalue weighted by molar-refractivity contribution is -0.384. The van der Waals surface area contributed by atoms with Crippen LogP contribution >= 0.6 is 0 Å². The Hall–Kier alpha value is -2.77. The molecule has 0 unspecified atom stereocenters. The zero-order chi connectivity index (χ0) is 17.9. The number of nitrogens with zero attached hydrogens (tertiary/aromatic N) is 2. The highest BCUT2D eigenvalue weighted by Crippen LogP contribution is 2.56. The Bertz CT molecular complexity index is 791. The maximum Gasteiger partial charge on any atom is 0.340 e. The standard InChI is InChI=1S/C17H16N2O6/c1-25-17(22)11-5-4-10(19(23)24)7-12(11)18-15(20)13-8-2-3-9(6-8)14(13)16(18)21/h4-5,7-9,13-14H,2-3,6H2,1H3/t8-,9+,13-,14+. The number of carbonyl (C=O) groups excluding carboxylic acids is 3. The Labute approximate surface area is 142 Å². The molecular weight excluding hydrogens is 328 g/mol. The molecule has 0 radical (unpaired) electrons. The fourth-order valence-corrected chi connectivity index (χ4v) is 4.75. The van der Waals surface area contributed by atoms with Crippen LogP contribution in [-0.4, -0.2) is 29.8 Å². The number of nitro groups is 1. The van der Waals surface area contributed by atoms with Gasteiger partial charge in [0.05, 0.1) is 35.1 Å². The second-order valence-electron chi connectivity index (χ2n) is 6.85. The number of amides is 2. The molecule has 2 bridgehead atoms. The van der Waals surface area contributed by atoms with Gasteiger partial charge in [-0.2, -0.15) is 0 Å². The summed E-state index contributed by atoms with van der Waals surface area (Å²) in [6.07, 6.45) is 2.74. The van der Waals surface area contributed by atoms with E-state index in [0.29, 0.717) is 0 Å². The molecule has 1 aliphatic heterocycles. The Morgan fingerprint density at radius 2 is 1.80 bits per heavy atom. The number of non-ortho nitro benzene ring substituents is 1. The second kappa shape index (κ2) is 5.37. The van der Waals surface area contributed by atoms with E-state index in [1.807, 2.05) is 0 Å². The van der Waals surface area contributed by atoms with Crippen LogP contribution in [0.25, 0.3) is 0 Å². The van der Waals surface area contributed by atoms with Crippen LogP contribution in [0.5, 0.6) is 0 Å². The summed E-state index contributed by atoms with van der Waals surface area (Å²) < 4.78 is 4.70. The first-order valence-electron chi connectivity index (χ1n) is 8.18. The third-order valence-electron chi connectivity index (χ3n) is 5.77. The van der Waals surface area contributed by atoms with Gasteiger partial charge < -0.3 is 4.74 Å². The fourth-order valence-electron chi connectivity index (χ4n) is 4.75. The van der Waals surface area contributed by atoms with E-state index in [1.165, 1.54) is 13.2 Å². The summed E-state index contributed by atoms with van der Waals surface area (Å²) in [6, 6.07) is 3.48. The molecule has 4 rings (SSSR count). The number of ether oxygens (including phenoxy) is 1. The molecule has 25 heavy (non-hydrogen) atoms. The van der Waals surface area contributed by atoms with E-state index in [2.05, 4.69) is 0 Å². The Morgan fingerprint density at radius 1 is 1.20 bits per heavy atom. The average Bonchev–Trinajstić information content (AvgIpc) is 3.27. The molecule has 0 aromatic heterocycles. The van der Waals surface area contributed by atoms with Gasteiger partial charge in [0.15, 0.2) is 0 Å². The molecule has 1 aromatic carbocycles. The third-order valence-corrected chi connectivity index (χ3v) is 5.77. The minimum atomic E-state index is -0.745. The molecule has 8 nitrogen and oxygen atoms in total. The van der Waals surface area contributed by atoms with Gasteiger partial charge in [0.25, 0.3) is 5.69 Å². The molecule has 1 aromatic rings. The summed E-state index contributed by atoms with van der Waals surface area (Å²) in [5.74, 6) is -1.80. The van der Waals surface area contributed by atoms with Crippen molar-refractivity contribution in [1.29, 1.82) is 0 Å². The lowest BCUT2D eigenvalue weighted by atomic mass is 9.81. The first kappa shape index (κ1) is 15.7. The van der Waals surface area contributed by atoms with Gasteiger partial charge in [-0.25, -0.2) is 9.69 Å². The van der Waals surface area contributed by atoms with Crippen molar-refractivity contribution in [1.82, 2.24) is 0 Å². The van der Waals surface area contributed by atoms with Crippen LogP contribution in [0.3, 0.4) is 0 Å². The first-order valence-corrected chi connectivity index (χ1v) is 8.18. The maximum absolute atomic E-state index is 12.9. The van der Waals surface area contributed by atoms with Gasteiger partial charge >= 0.3 is 5.97 Å². The van der Waals surface area contributed by atoms with Crippen LogP contribution in [0.2, 0.25) is 0 Å². The molecule has 3 fully saturated rings. The monoisotopic (exact) mass is 344 g/mol. The van der Waals surface area contributed by atoms with Gasteiger partial charge in [0.2, 0.25) is 11.8 Å². The van der Waals surface area contributed by atoms with E-state index in [9.17, 15) is 24.5 Å². The van der Waals surface area contributed by atoms with Gasteiger partial charge in [-0.3, -0.25) is 19.7 Å². The van der Waals surface area contributed by atoms with Crippen LogP contribution in [0, 0.1) is 33.8 Å². The normalized spacial score (nSPS) is 29.9. The molecule has 2 saturated carbocycles. The number of fused-ring (bicyclic) bond motifs is 5. The molecule has 2 aliphatic carbocycles. The van der Waals surface area contributed by atoms with Crippen molar-refractivity contribution in [2.24, 2.45) is 23.7 Å². The van der Waals surface area contributed by atoms with E-state index in [4.69, 9.17) is 4.74 Å². The van der Waals surface area contributed by atoms with Crippen LogP contribution in [0.4, 0.5) is 11.4 Å². The summed E-state index contributed by atoms with van der Waals surface area (Å²) in [7, 11) is 1.18. The van der Waals surface area contributed by atoms with E-state index >= 15 is 0 Å². The summed E-state index contributed by atoms with van der Waals surface area (Å²) in [5.41, 5.74) is -0.366. The number of benzene rings is 1. The Morgan fingerprint density at radius 3 is 2.32 bits per heavy atom. The van der Waals surface area contributed by atoms with E-state index in [0.717, 1.165) is 36.3 Å². The number of nitro benzene ring substituents is 1. The van der Waals surface area contributed by atoms with Crippen molar-refractivity contribution in [3.63, 3.8) is 0 Å². The molecule has 0 N–H and O–H groups in total. The number of esters is 1. The summed E-state index contributed by atoms with van der Waals surface area (Å²) in [5, 5.41) is 11.1. The van der Waals surface area contributed by atoms with E-state index in [1.54, 1.807) is 0 Å². The fraction of sp³-hybridized carbons (Fsp3) is 0.471. The molecule has 0 spiro atoms. The third kappa shape index (κ3) is 2.09. The van der Waals surface area contributed by atoms with Gasteiger partial charge in [0, 0.05) is 12.1 Å². The van der Waals surface area contributed by atoms with Crippen molar-refractivity contribution >= 4 is 29.2 Å². The highest BCUT2D eigenvalue weighted by Gasteiger charge is 2.61. The smallest absolute Gasteiger partial charge is 0.340 e. The number of anilines is 1. The summed E-state index contributed by atoms with van der Waals surface area (Å²) in [6.45, 7) is 0. The summed E-state index contributed by atoms with van der Waals surface area (Å²) >= 11 is 0. The quantitative estimate of drug-likeness (QED) is 0.359. The zero-order valence-corrected chi connectivity index (χ0v) is 13.5. The Balaban J connectivity index is 1.82. The molecule has 1 heterocycles. The van der Waals surface area contributed by atoms with Gasteiger partial charge in [-0.1, -0.05) is 0 Å². The average molecular weight is 344 g/mol. The lowest BCUT2D eigenvalue weighted by Gasteiger charge is -2.19. The minimum absolute atomic E-state index is 0.0258. The van der Waals surface area contributed by atoms with Gasteiger partial charge in [-0.15, -0.1) is 0 Å². The van der Waals surface area contributed by atoms with E-state index in [-0.39, 0.29) is 52.4 Å². The molecule has 4 atom stereocenters. The largest absolute Gasteiger partial charge is 0.465 e. The number of hydrogen-bond donors (Lipinski definition) is 0. The lowest BCUT2D eigenvalue weighted by Crippen LogP contribution is -2.34. The van der Waals surface area contributed by atoms with E-state index < -0.39 is 10.9 Å². The first-order chi connectivity index (χ1) is 11.9. The number of imide groups is 1. The van der Waals surface area contributed by atoms with Gasteiger partial charge in [-0.05, 0) is 37.2 Å². The highest BCUT2D eigenvalue weighted by atomic mass is 16.6. The number of hydrogen-bond acceptors (Lipinski definition) is 6. The highest BCUT2D eigenvalue weighted by molar-refractivity contribution is 6.24.